The molecule has 2 N–H and O–H groups in total. The molecule has 0 bridgehead atoms. The second-order valence-corrected chi connectivity index (χ2v) is 6.15. The van der Waals surface area contributed by atoms with E-state index in [9.17, 15) is 4.79 Å². The van der Waals surface area contributed by atoms with E-state index in [1.54, 1.807) is 24.3 Å². The molecule has 0 aliphatic carbocycles. The fourth-order valence-corrected chi connectivity index (χ4v) is 3.01. The van der Waals surface area contributed by atoms with E-state index in [0.29, 0.717) is 36.0 Å². The van der Waals surface area contributed by atoms with Gasteiger partial charge in [-0.1, -0.05) is 12.1 Å². The number of nitrogens with zero attached hydrogens (tertiary/aromatic N) is 3. The molecule has 1 aromatic heterocycles. The van der Waals surface area contributed by atoms with Crippen molar-refractivity contribution in [3.05, 3.63) is 41.5 Å². The van der Waals surface area contributed by atoms with Crippen LogP contribution in [0.3, 0.4) is 0 Å². The van der Waals surface area contributed by atoms with Crippen molar-refractivity contribution in [1.82, 2.24) is 15.0 Å². The molecule has 2 aromatic rings. The first kappa shape index (κ1) is 17.4. The van der Waals surface area contributed by atoms with Gasteiger partial charge in [-0.2, -0.15) is 4.98 Å². The van der Waals surface area contributed by atoms with E-state index in [0.717, 1.165) is 25.8 Å². The summed E-state index contributed by atoms with van der Waals surface area (Å²) < 4.78 is 10.7. The normalized spacial score (nSPS) is 17.5. The first-order valence-corrected chi connectivity index (χ1v) is 8.76. The number of carbonyl (C=O) groups excluding carboxylic acids is 1. The summed E-state index contributed by atoms with van der Waals surface area (Å²) in [5.74, 6) is 1.80. The van der Waals surface area contributed by atoms with E-state index < -0.39 is 0 Å². The van der Waals surface area contributed by atoms with E-state index in [4.69, 9.17) is 15.0 Å². The van der Waals surface area contributed by atoms with E-state index in [2.05, 4.69) is 10.1 Å². The Bertz CT molecular complexity index is 699. The number of aromatic nitrogens is 2. The zero-order valence-corrected chi connectivity index (χ0v) is 14.5. The van der Waals surface area contributed by atoms with Crippen molar-refractivity contribution in [2.24, 2.45) is 5.73 Å². The van der Waals surface area contributed by atoms with Gasteiger partial charge in [-0.3, -0.25) is 4.79 Å². The van der Waals surface area contributed by atoms with Gasteiger partial charge in [-0.15, -0.1) is 0 Å². The van der Waals surface area contributed by atoms with Crippen molar-refractivity contribution in [1.29, 1.82) is 0 Å². The van der Waals surface area contributed by atoms with Crippen LogP contribution in [-0.2, 0) is 13.0 Å². The summed E-state index contributed by atoms with van der Waals surface area (Å²) in [6.45, 7) is 3.47. The van der Waals surface area contributed by atoms with Crippen LogP contribution in [0.25, 0.3) is 0 Å². The largest absolute Gasteiger partial charge is 0.485 e. The number of likely N-dealkylation sites (tertiary alicyclic amines) is 1. The lowest BCUT2D eigenvalue weighted by Gasteiger charge is -2.35. The minimum absolute atomic E-state index is 0.0347. The lowest BCUT2D eigenvalue weighted by molar-refractivity contribution is 0.0623. The van der Waals surface area contributed by atoms with E-state index >= 15 is 0 Å². The van der Waals surface area contributed by atoms with Gasteiger partial charge in [0.05, 0.1) is 0 Å². The van der Waals surface area contributed by atoms with Gasteiger partial charge in [0.15, 0.2) is 6.61 Å². The lowest BCUT2D eigenvalue weighted by Crippen LogP contribution is -2.47. The molecular formula is C18H24N4O3. The van der Waals surface area contributed by atoms with E-state index in [-0.39, 0.29) is 18.6 Å². The molecule has 1 fully saturated rings. The maximum Gasteiger partial charge on any atom is 0.254 e. The number of ether oxygens (including phenoxy) is 1. The van der Waals surface area contributed by atoms with Crippen molar-refractivity contribution in [3.63, 3.8) is 0 Å². The summed E-state index contributed by atoms with van der Waals surface area (Å²) >= 11 is 0. The van der Waals surface area contributed by atoms with Crippen LogP contribution in [0.5, 0.6) is 5.75 Å². The first-order valence-electron chi connectivity index (χ1n) is 8.76. The summed E-state index contributed by atoms with van der Waals surface area (Å²) in [6.07, 6.45) is 3.85. The minimum Gasteiger partial charge on any atom is -0.485 e. The lowest BCUT2D eigenvalue weighted by atomic mass is 10.0. The van der Waals surface area contributed by atoms with Gasteiger partial charge < -0.3 is 19.9 Å². The Balaban J connectivity index is 1.60. The molecule has 7 heteroatoms. The smallest absolute Gasteiger partial charge is 0.254 e. The fraction of sp³-hybridized carbons (Fsp3) is 0.500. The van der Waals surface area contributed by atoms with E-state index in [1.165, 1.54) is 0 Å². The number of aryl methyl sites for hydroxylation is 1. The van der Waals surface area contributed by atoms with E-state index in [1.807, 2.05) is 11.8 Å². The molecule has 134 valence electrons. The maximum atomic E-state index is 12.7. The average Bonchev–Trinajstić information content (AvgIpc) is 3.14. The molecule has 7 nitrogen and oxygen atoms in total. The zero-order chi connectivity index (χ0) is 17.6. The molecule has 1 aliphatic rings. The summed E-state index contributed by atoms with van der Waals surface area (Å²) in [5.41, 5.74) is 6.46. The highest BCUT2D eigenvalue weighted by molar-refractivity contribution is 5.94. The third-order valence-corrected chi connectivity index (χ3v) is 4.44. The van der Waals surface area contributed by atoms with Crippen molar-refractivity contribution in [3.8, 4) is 5.75 Å². The van der Waals surface area contributed by atoms with Gasteiger partial charge >= 0.3 is 0 Å². The fourth-order valence-electron chi connectivity index (χ4n) is 3.01. The standard InChI is InChI=1S/C18H24N4O3/c1-2-17-20-16(21-25-17)12-24-15-8-6-13(7-9-15)18(23)22-10-4-3-5-14(22)11-19/h6-9,14H,2-5,10-12,19H2,1H3. The summed E-state index contributed by atoms with van der Waals surface area (Å²) in [6, 6.07) is 7.29. The number of piperidine rings is 1. The molecule has 1 amide bonds. The molecule has 3 rings (SSSR count). The number of benzene rings is 1. The Hall–Kier alpha value is -2.41. The number of carbonyl (C=O) groups is 1. The molecule has 1 aliphatic heterocycles. The molecule has 2 heterocycles. The Labute approximate surface area is 147 Å². The molecule has 0 spiro atoms. The van der Waals surface area contributed by atoms with Crippen LogP contribution < -0.4 is 10.5 Å². The number of hydrogen-bond donors (Lipinski definition) is 1. The third kappa shape index (κ3) is 4.17. The van der Waals surface area contributed by atoms with Crippen LogP contribution in [0.2, 0.25) is 0 Å². The predicted molar refractivity (Wildman–Crippen MR) is 92.2 cm³/mol. The zero-order valence-electron chi connectivity index (χ0n) is 14.5. The van der Waals surface area contributed by atoms with Gasteiger partial charge in [0, 0.05) is 31.1 Å². The van der Waals surface area contributed by atoms with Gasteiger partial charge in [0.25, 0.3) is 5.91 Å². The van der Waals surface area contributed by atoms with Crippen molar-refractivity contribution in [2.45, 2.75) is 45.3 Å². The molecule has 1 saturated heterocycles. The average molecular weight is 344 g/mol. The molecular weight excluding hydrogens is 320 g/mol. The number of amides is 1. The topological polar surface area (TPSA) is 94.5 Å². The molecule has 0 radical (unpaired) electrons. The highest BCUT2D eigenvalue weighted by Crippen LogP contribution is 2.21. The van der Waals surface area contributed by atoms with Crippen LogP contribution in [0.4, 0.5) is 0 Å². The highest BCUT2D eigenvalue weighted by Gasteiger charge is 2.26. The summed E-state index contributed by atoms with van der Waals surface area (Å²) in [4.78, 5) is 18.8. The number of rotatable bonds is 6. The molecule has 1 aromatic carbocycles. The Morgan fingerprint density at radius 2 is 2.16 bits per heavy atom. The minimum atomic E-state index is 0.0347. The van der Waals surface area contributed by atoms with Crippen molar-refractivity contribution < 1.29 is 14.1 Å². The maximum absolute atomic E-state index is 12.7. The second-order valence-electron chi connectivity index (χ2n) is 6.15. The Morgan fingerprint density at radius 1 is 1.36 bits per heavy atom. The van der Waals surface area contributed by atoms with Crippen LogP contribution in [-0.4, -0.2) is 40.1 Å². The van der Waals surface area contributed by atoms with Crippen molar-refractivity contribution in [2.75, 3.05) is 13.1 Å². The summed E-state index contributed by atoms with van der Waals surface area (Å²) in [7, 11) is 0. The van der Waals surface area contributed by atoms with Crippen LogP contribution in [0.1, 0.15) is 48.3 Å². The van der Waals surface area contributed by atoms with Gasteiger partial charge in [-0.25, -0.2) is 0 Å². The molecule has 0 saturated carbocycles. The highest BCUT2D eigenvalue weighted by atomic mass is 16.5. The SMILES string of the molecule is CCc1nc(COc2ccc(C(=O)N3CCCCC3CN)cc2)no1. The molecule has 1 unspecified atom stereocenters. The summed E-state index contributed by atoms with van der Waals surface area (Å²) in [5, 5.41) is 3.84. The number of hydrogen-bond acceptors (Lipinski definition) is 6. The van der Waals surface area contributed by atoms with Crippen LogP contribution >= 0.6 is 0 Å². The third-order valence-electron chi connectivity index (χ3n) is 4.44. The quantitative estimate of drug-likeness (QED) is 0.863. The second kappa shape index (κ2) is 8.11. The monoisotopic (exact) mass is 344 g/mol. The Kier molecular flexibility index (Phi) is 5.65. The molecule has 25 heavy (non-hydrogen) atoms. The van der Waals surface area contributed by atoms with Gasteiger partial charge in [-0.05, 0) is 43.5 Å². The predicted octanol–water partition coefficient (Wildman–Crippen LogP) is 2.16. The Morgan fingerprint density at radius 3 is 2.84 bits per heavy atom. The molecule has 1 atom stereocenters. The number of nitrogens with two attached hydrogens (primary N) is 1. The first-order chi connectivity index (χ1) is 12.2. The van der Waals surface area contributed by atoms with Gasteiger partial charge in [0.2, 0.25) is 11.7 Å². The van der Waals surface area contributed by atoms with Crippen molar-refractivity contribution >= 4 is 5.91 Å². The van der Waals surface area contributed by atoms with Crippen LogP contribution in [0, 0.1) is 0 Å². The van der Waals surface area contributed by atoms with Crippen LogP contribution in [0.15, 0.2) is 28.8 Å². The van der Waals surface area contributed by atoms with Gasteiger partial charge in [0.1, 0.15) is 5.75 Å².